The normalized spacial score (nSPS) is 12.5. The lowest BCUT2D eigenvalue weighted by Crippen LogP contribution is -2.44. The molecule has 0 saturated heterocycles. The molecule has 4 aromatic rings. The quantitative estimate of drug-likeness (QED) is 0.179. The molecule has 0 bridgehead atoms. The fourth-order valence-corrected chi connectivity index (χ4v) is 4.45. The van der Waals surface area contributed by atoms with Crippen LogP contribution in [-0.2, 0) is 4.79 Å². The van der Waals surface area contributed by atoms with Gasteiger partial charge in [-0.05, 0) is 72.4 Å². The molecule has 0 aliphatic heterocycles. The third-order valence-electron chi connectivity index (χ3n) is 6.65. The number of likely N-dealkylation sites (N-methyl/N-ethyl adjacent to an activating group) is 1. The summed E-state index contributed by atoms with van der Waals surface area (Å²) in [7, 11) is 3.48. The number of fused-ring (bicyclic) bond motifs is 1. The molecule has 0 radical (unpaired) electrons. The number of nitrogens with zero attached hydrogens (tertiary/aromatic N) is 2. The van der Waals surface area contributed by atoms with Crippen molar-refractivity contribution in [2.24, 2.45) is 0 Å². The molecule has 0 aliphatic carbocycles. The van der Waals surface area contributed by atoms with Gasteiger partial charge in [0.1, 0.15) is 12.4 Å². The van der Waals surface area contributed by atoms with E-state index in [0.717, 1.165) is 34.2 Å². The van der Waals surface area contributed by atoms with Gasteiger partial charge >= 0.3 is 0 Å². The molecule has 1 amide bonds. The van der Waals surface area contributed by atoms with E-state index < -0.39 is 0 Å². The first-order valence-corrected chi connectivity index (χ1v) is 13.4. The van der Waals surface area contributed by atoms with Crippen molar-refractivity contribution in [1.82, 2.24) is 20.4 Å². The highest BCUT2D eigenvalue weighted by molar-refractivity contribution is 6.00. The van der Waals surface area contributed by atoms with Gasteiger partial charge in [0.25, 0.3) is 0 Å². The van der Waals surface area contributed by atoms with Gasteiger partial charge in [0.2, 0.25) is 5.91 Å². The van der Waals surface area contributed by atoms with Crippen LogP contribution in [0.4, 0.5) is 0 Å². The molecule has 202 valence electrons. The zero-order chi connectivity index (χ0) is 27.8. The molecule has 0 saturated carbocycles. The van der Waals surface area contributed by atoms with Gasteiger partial charge in [-0.3, -0.25) is 9.89 Å². The highest BCUT2D eigenvalue weighted by Crippen LogP contribution is 2.36. The first kappa shape index (κ1) is 27.9. The fourth-order valence-electron chi connectivity index (χ4n) is 4.45. The average Bonchev–Trinajstić information content (AvgIpc) is 3.42. The third kappa shape index (κ3) is 7.24. The zero-order valence-electron chi connectivity index (χ0n) is 23.5. The van der Waals surface area contributed by atoms with E-state index in [4.69, 9.17) is 4.74 Å². The minimum absolute atomic E-state index is 0.0254. The van der Waals surface area contributed by atoms with E-state index in [-0.39, 0.29) is 11.4 Å². The summed E-state index contributed by atoms with van der Waals surface area (Å²) in [6, 6.07) is 25.4. The van der Waals surface area contributed by atoms with Gasteiger partial charge in [0, 0.05) is 37.6 Å². The van der Waals surface area contributed by atoms with Gasteiger partial charge in [-0.2, -0.15) is 5.10 Å². The molecule has 0 unspecified atom stereocenters. The summed E-state index contributed by atoms with van der Waals surface area (Å²) in [4.78, 5) is 13.3. The second kappa shape index (κ2) is 12.6. The van der Waals surface area contributed by atoms with Gasteiger partial charge in [-0.1, -0.05) is 61.5 Å². The van der Waals surface area contributed by atoms with E-state index in [0.29, 0.717) is 13.2 Å². The predicted molar refractivity (Wildman–Crippen MR) is 161 cm³/mol. The summed E-state index contributed by atoms with van der Waals surface area (Å²) in [5, 5.41) is 11.8. The molecular formula is C33H38N4O2. The number of carbonyl (C=O) groups excluding carboxylic acids is 1. The molecule has 6 nitrogen and oxygen atoms in total. The number of carbonyl (C=O) groups is 1. The summed E-state index contributed by atoms with van der Waals surface area (Å²) < 4.78 is 6.16. The van der Waals surface area contributed by atoms with Gasteiger partial charge in [0.05, 0.1) is 11.7 Å². The third-order valence-corrected chi connectivity index (χ3v) is 6.65. The first-order chi connectivity index (χ1) is 18.8. The van der Waals surface area contributed by atoms with Crippen LogP contribution in [0.3, 0.4) is 0 Å². The number of hydrogen-bond acceptors (Lipinski definition) is 4. The molecule has 0 aliphatic rings. The van der Waals surface area contributed by atoms with E-state index in [1.807, 2.05) is 24.4 Å². The van der Waals surface area contributed by atoms with Crippen LogP contribution in [0.25, 0.3) is 22.0 Å². The number of nitrogens with one attached hydrogen (secondary N) is 2. The number of hydrogen-bond donors (Lipinski definition) is 2. The summed E-state index contributed by atoms with van der Waals surface area (Å²) in [5.74, 6) is 0.789. The number of ether oxygens (including phenoxy) is 1. The first-order valence-electron chi connectivity index (χ1n) is 13.4. The Morgan fingerprint density at radius 1 is 1.00 bits per heavy atom. The molecule has 1 heterocycles. The molecule has 39 heavy (non-hydrogen) atoms. The van der Waals surface area contributed by atoms with Gasteiger partial charge in [-0.25, -0.2) is 0 Å². The van der Waals surface area contributed by atoms with Crippen LogP contribution in [-0.4, -0.2) is 53.8 Å². The van der Waals surface area contributed by atoms with Crippen LogP contribution in [0.2, 0.25) is 0 Å². The second-order valence-corrected chi connectivity index (χ2v) is 10.5. The standard InChI is InChI=1S/C33H38N4O2/c1-6-29(24-11-8-7-9-12-24)32(26-16-19-30-27(21-26)22-35-36-30)25-14-17-28(18-15-25)39-23-33(2,3)34-20-10-13-31(38)37(4)5/h7-19,21-22,34H,6,20,23H2,1-5H3,(H,35,36)/b13-10+,32-29+. The maximum Gasteiger partial charge on any atom is 0.245 e. The summed E-state index contributed by atoms with van der Waals surface area (Å²) in [6.07, 6.45) is 6.19. The Morgan fingerprint density at radius 3 is 2.41 bits per heavy atom. The van der Waals surface area contributed by atoms with Crippen molar-refractivity contribution in [3.05, 3.63) is 108 Å². The fraction of sp³-hybridized carbons (Fsp3) is 0.273. The largest absolute Gasteiger partial charge is 0.492 e. The monoisotopic (exact) mass is 522 g/mol. The van der Waals surface area contributed by atoms with Crippen LogP contribution in [0, 0.1) is 0 Å². The molecular weight excluding hydrogens is 484 g/mol. The second-order valence-electron chi connectivity index (χ2n) is 10.5. The van der Waals surface area contributed by atoms with Crippen molar-refractivity contribution in [3.8, 4) is 5.75 Å². The maximum absolute atomic E-state index is 11.7. The number of aromatic amines is 1. The predicted octanol–water partition coefficient (Wildman–Crippen LogP) is 6.32. The summed E-state index contributed by atoms with van der Waals surface area (Å²) in [6.45, 7) is 7.46. The SMILES string of the molecule is CC/C(=C(/c1ccc(OCC(C)(C)NC/C=C/C(=O)N(C)C)cc1)c1ccc2[nH]ncc2c1)c1ccccc1. The minimum atomic E-state index is -0.266. The molecule has 2 N–H and O–H groups in total. The van der Waals surface area contributed by atoms with Crippen molar-refractivity contribution in [1.29, 1.82) is 0 Å². The smallest absolute Gasteiger partial charge is 0.245 e. The van der Waals surface area contributed by atoms with Crippen LogP contribution >= 0.6 is 0 Å². The lowest BCUT2D eigenvalue weighted by Gasteiger charge is -2.26. The summed E-state index contributed by atoms with van der Waals surface area (Å²) >= 11 is 0. The number of aromatic nitrogens is 2. The van der Waals surface area contributed by atoms with Crippen LogP contribution in [0.5, 0.6) is 5.75 Å². The van der Waals surface area contributed by atoms with E-state index in [2.05, 4.69) is 96.9 Å². The zero-order valence-corrected chi connectivity index (χ0v) is 23.5. The van der Waals surface area contributed by atoms with Crippen LogP contribution in [0.1, 0.15) is 43.9 Å². The van der Waals surface area contributed by atoms with Crippen molar-refractivity contribution in [2.45, 2.75) is 32.7 Å². The summed E-state index contributed by atoms with van der Waals surface area (Å²) in [5.41, 5.74) is 6.77. The van der Waals surface area contributed by atoms with Gasteiger partial charge < -0.3 is 15.0 Å². The number of amides is 1. The lowest BCUT2D eigenvalue weighted by molar-refractivity contribution is -0.123. The maximum atomic E-state index is 11.7. The molecule has 3 aromatic carbocycles. The van der Waals surface area contributed by atoms with E-state index >= 15 is 0 Å². The molecule has 4 rings (SSSR count). The molecule has 0 atom stereocenters. The van der Waals surface area contributed by atoms with Crippen LogP contribution < -0.4 is 10.1 Å². The molecule has 1 aromatic heterocycles. The number of benzene rings is 3. The number of H-pyrrole nitrogens is 1. The number of rotatable bonds is 11. The Balaban J connectivity index is 1.55. The molecule has 0 fully saturated rings. The Bertz CT molecular complexity index is 1450. The molecule has 0 spiro atoms. The molecule has 6 heteroatoms. The average molecular weight is 523 g/mol. The Hall–Kier alpha value is -4.16. The van der Waals surface area contributed by atoms with Gasteiger partial charge in [0.15, 0.2) is 0 Å². The van der Waals surface area contributed by atoms with Crippen molar-refractivity contribution in [3.63, 3.8) is 0 Å². The topological polar surface area (TPSA) is 70.2 Å². The number of allylic oxidation sites excluding steroid dienone is 1. The van der Waals surface area contributed by atoms with E-state index in [1.165, 1.54) is 16.7 Å². The Kier molecular flexibility index (Phi) is 8.99. The van der Waals surface area contributed by atoms with E-state index in [1.54, 1.807) is 25.1 Å². The Labute approximate surface area is 231 Å². The van der Waals surface area contributed by atoms with Crippen molar-refractivity contribution >= 4 is 28.0 Å². The Morgan fingerprint density at radius 2 is 1.72 bits per heavy atom. The van der Waals surface area contributed by atoms with Gasteiger partial charge in [-0.15, -0.1) is 0 Å². The van der Waals surface area contributed by atoms with Crippen molar-refractivity contribution < 1.29 is 9.53 Å². The van der Waals surface area contributed by atoms with Crippen molar-refractivity contribution in [2.75, 3.05) is 27.2 Å². The van der Waals surface area contributed by atoms with Crippen LogP contribution in [0.15, 0.2) is 91.1 Å². The lowest BCUT2D eigenvalue weighted by atomic mass is 9.88. The highest BCUT2D eigenvalue weighted by Gasteiger charge is 2.18. The minimum Gasteiger partial charge on any atom is -0.492 e. The highest BCUT2D eigenvalue weighted by atomic mass is 16.5. The van der Waals surface area contributed by atoms with E-state index in [9.17, 15) is 4.79 Å².